The zero-order valence-electron chi connectivity index (χ0n) is 9.03. The third-order valence-corrected chi connectivity index (χ3v) is 3.43. The Morgan fingerprint density at radius 2 is 1.47 bits per heavy atom. The SMILES string of the molecule is FC(F)(F)c1c(Cl)cc2ccccc2c1C(Cl)(Cl)Cl. The maximum Gasteiger partial charge on any atom is 0.418 e. The Morgan fingerprint density at radius 3 is 2.00 bits per heavy atom. The third-order valence-electron chi connectivity index (χ3n) is 2.57. The Bertz CT molecular complexity index is 629. The van der Waals surface area contributed by atoms with Crippen molar-refractivity contribution in [1.82, 2.24) is 0 Å². The lowest BCUT2D eigenvalue weighted by Gasteiger charge is -2.22. The minimum atomic E-state index is -4.71. The van der Waals surface area contributed by atoms with Crippen LogP contribution in [-0.2, 0) is 9.97 Å². The molecule has 7 heteroatoms. The minimum absolute atomic E-state index is 0.208. The molecule has 0 fully saturated rings. The Kier molecular flexibility index (Phi) is 3.87. The molecular formula is C12H5Cl4F3. The van der Waals surface area contributed by atoms with Gasteiger partial charge in [0, 0.05) is 5.56 Å². The van der Waals surface area contributed by atoms with Crippen LogP contribution in [0.25, 0.3) is 10.8 Å². The molecule has 0 unspecified atom stereocenters. The molecule has 0 bridgehead atoms. The van der Waals surface area contributed by atoms with Crippen molar-refractivity contribution < 1.29 is 13.2 Å². The van der Waals surface area contributed by atoms with E-state index in [1.807, 2.05) is 0 Å². The summed E-state index contributed by atoms with van der Waals surface area (Å²) in [5.74, 6) is 0. The number of hydrogen-bond donors (Lipinski definition) is 0. The molecular weight excluding hydrogens is 343 g/mol. The molecule has 0 amide bonds. The maximum atomic E-state index is 13.1. The molecule has 0 N–H and O–H groups in total. The molecule has 2 rings (SSSR count). The summed E-state index contributed by atoms with van der Waals surface area (Å²) >= 11 is 22.8. The average Bonchev–Trinajstić information content (AvgIpc) is 2.24. The van der Waals surface area contributed by atoms with Gasteiger partial charge < -0.3 is 0 Å². The van der Waals surface area contributed by atoms with E-state index in [2.05, 4.69) is 0 Å². The fourth-order valence-corrected chi connectivity index (χ4v) is 2.79. The van der Waals surface area contributed by atoms with Crippen LogP contribution >= 0.6 is 46.4 Å². The molecule has 0 saturated heterocycles. The fraction of sp³-hybridized carbons (Fsp3) is 0.167. The zero-order chi connectivity index (χ0) is 14.4. The Balaban J connectivity index is 2.99. The second-order valence-electron chi connectivity index (χ2n) is 3.83. The standard InChI is InChI=1S/C12H5Cl4F3/c13-8-5-6-3-1-2-4-7(6)9(11(14,15)16)10(8)12(17,18)19/h1-5H. The molecule has 19 heavy (non-hydrogen) atoms. The minimum Gasteiger partial charge on any atom is -0.166 e. The topological polar surface area (TPSA) is 0 Å². The Hall–Kier alpha value is -0.350. The smallest absolute Gasteiger partial charge is 0.166 e. The molecule has 0 aromatic heterocycles. The van der Waals surface area contributed by atoms with Gasteiger partial charge in [-0.05, 0) is 16.8 Å². The molecule has 0 heterocycles. The third kappa shape index (κ3) is 2.89. The van der Waals surface area contributed by atoms with Crippen LogP contribution in [0.5, 0.6) is 0 Å². The van der Waals surface area contributed by atoms with Crippen molar-refractivity contribution in [1.29, 1.82) is 0 Å². The number of rotatable bonds is 0. The molecule has 0 spiro atoms. The molecule has 0 saturated carbocycles. The van der Waals surface area contributed by atoms with Gasteiger partial charge in [0.1, 0.15) is 0 Å². The first-order chi connectivity index (χ1) is 8.62. The van der Waals surface area contributed by atoms with Gasteiger partial charge in [-0.2, -0.15) is 13.2 Å². The van der Waals surface area contributed by atoms with E-state index in [0.717, 1.165) is 0 Å². The summed E-state index contributed by atoms with van der Waals surface area (Å²) in [5, 5.41) is 0.188. The lowest BCUT2D eigenvalue weighted by Crippen LogP contribution is -2.16. The quantitative estimate of drug-likeness (QED) is 0.488. The van der Waals surface area contributed by atoms with Gasteiger partial charge in [0.2, 0.25) is 3.79 Å². The highest BCUT2D eigenvalue weighted by Gasteiger charge is 2.42. The molecule has 2 aromatic rings. The first-order valence-electron chi connectivity index (χ1n) is 4.98. The first-order valence-corrected chi connectivity index (χ1v) is 6.49. The summed E-state index contributed by atoms with van der Waals surface area (Å²) < 4.78 is 37.1. The number of benzene rings is 2. The van der Waals surface area contributed by atoms with E-state index < -0.39 is 26.1 Å². The van der Waals surface area contributed by atoms with Crippen LogP contribution in [0, 0.1) is 0 Å². The summed E-state index contributed by atoms with van der Waals surface area (Å²) in [6.07, 6.45) is -4.71. The van der Waals surface area contributed by atoms with Gasteiger partial charge in [0.25, 0.3) is 0 Å². The Morgan fingerprint density at radius 1 is 0.895 bits per heavy atom. The van der Waals surface area contributed by atoms with Gasteiger partial charge in [-0.15, -0.1) is 0 Å². The molecule has 0 atom stereocenters. The number of hydrogen-bond acceptors (Lipinski definition) is 0. The van der Waals surface area contributed by atoms with E-state index >= 15 is 0 Å². The van der Waals surface area contributed by atoms with Crippen molar-refractivity contribution in [2.75, 3.05) is 0 Å². The summed E-state index contributed by atoms with van der Waals surface area (Å²) in [4.78, 5) is 0. The fourth-order valence-electron chi connectivity index (χ4n) is 1.88. The lowest BCUT2D eigenvalue weighted by atomic mass is 9.99. The molecule has 0 nitrogen and oxygen atoms in total. The van der Waals surface area contributed by atoms with Crippen LogP contribution in [0.1, 0.15) is 11.1 Å². The molecule has 0 radical (unpaired) electrons. The summed E-state index contributed by atoms with van der Waals surface area (Å²) in [6, 6.07) is 7.49. The molecule has 0 aliphatic heterocycles. The van der Waals surface area contributed by atoms with Gasteiger partial charge in [-0.1, -0.05) is 70.7 Å². The zero-order valence-corrected chi connectivity index (χ0v) is 12.1. The highest BCUT2D eigenvalue weighted by molar-refractivity contribution is 6.67. The molecule has 0 aliphatic rings. The highest BCUT2D eigenvalue weighted by atomic mass is 35.6. The van der Waals surface area contributed by atoms with Crippen LogP contribution in [0.2, 0.25) is 5.02 Å². The summed E-state index contributed by atoms with van der Waals surface area (Å²) in [6.45, 7) is 0. The van der Waals surface area contributed by atoms with Gasteiger partial charge in [0.15, 0.2) is 0 Å². The van der Waals surface area contributed by atoms with Gasteiger partial charge in [-0.3, -0.25) is 0 Å². The van der Waals surface area contributed by atoms with Crippen LogP contribution in [0.4, 0.5) is 13.2 Å². The highest BCUT2D eigenvalue weighted by Crippen LogP contribution is 2.50. The van der Waals surface area contributed by atoms with Crippen molar-refractivity contribution in [3.8, 4) is 0 Å². The summed E-state index contributed by atoms with van der Waals surface area (Å²) in [5.41, 5.74) is -1.57. The van der Waals surface area contributed by atoms with Gasteiger partial charge in [0.05, 0.1) is 10.6 Å². The van der Waals surface area contributed by atoms with Crippen LogP contribution in [-0.4, -0.2) is 0 Å². The largest absolute Gasteiger partial charge is 0.418 e. The number of alkyl halides is 6. The second-order valence-corrected chi connectivity index (χ2v) is 6.51. The van der Waals surface area contributed by atoms with Gasteiger partial charge >= 0.3 is 6.18 Å². The second kappa shape index (κ2) is 4.88. The van der Waals surface area contributed by atoms with Crippen molar-refractivity contribution in [2.24, 2.45) is 0 Å². The van der Waals surface area contributed by atoms with Crippen LogP contribution < -0.4 is 0 Å². The number of halogens is 7. The Labute approximate surface area is 127 Å². The lowest BCUT2D eigenvalue weighted by molar-refractivity contribution is -0.138. The van der Waals surface area contributed by atoms with E-state index in [4.69, 9.17) is 46.4 Å². The van der Waals surface area contributed by atoms with E-state index in [0.29, 0.717) is 5.39 Å². The molecule has 102 valence electrons. The van der Waals surface area contributed by atoms with Crippen molar-refractivity contribution >= 4 is 57.2 Å². The predicted molar refractivity (Wildman–Crippen MR) is 73.2 cm³/mol. The van der Waals surface area contributed by atoms with E-state index in [-0.39, 0.29) is 5.39 Å². The summed E-state index contributed by atoms with van der Waals surface area (Å²) in [7, 11) is 0. The van der Waals surface area contributed by atoms with Gasteiger partial charge in [-0.25, -0.2) is 0 Å². The van der Waals surface area contributed by atoms with Crippen molar-refractivity contribution in [2.45, 2.75) is 9.97 Å². The van der Waals surface area contributed by atoms with Crippen LogP contribution in [0.15, 0.2) is 30.3 Å². The van der Waals surface area contributed by atoms with E-state index in [1.54, 1.807) is 18.2 Å². The van der Waals surface area contributed by atoms with Crippen LogP contribution in [0.3, 0.4) is 0 Å². The average molecular weight is 348 g/mol. The maximum absolute atomic E-state index is 13.1. The van der Waals surface area contributed by atoms with E-state index in [9.17, 15) is 13.2 Å². The normalized spacial score (nSPS) is 13.0. The van der Waals surface area contributed by atoms with Crippen molar-refractivity contribution in [3.63, 3.8) is 0 Å². The monoisotopic (exact) mass is 346 g/mol. The molecule has 0 aliphatic carbocycles. The molecule has 2 aromatic carbocycles. The van der Waals surface area contributed by atoms with Crippen molar-refractivity contribution in [3.05, 3.63) is 46.5 Å². The first kappa shape index (κ1) is 15.0. The predicted octanol–water partition coefficient (Wildman–Crippen LogP) is 6.34. The van der Waals surface area contributed by atoms with E-state index in [1.165, 1.54) is 12.1 Å². The number of fused-ring (bicyclic) bond motifs is 1.